The maximum atomic E-state index is 12.7. The molecule has 9 nitrogen and oxygen atoms in total. The first kappa shape index (κ1) is 18.4. The van der Waals surface area contributed by atoms with Gasteiger partial charge in [0.05, 0.1) is 28.9 Å². The Morgan fingerprint density at radius 1 is 1.00 bits per heavy atom. The molecule has 0 spiro atoms. The molecule has 2 N–H and O–H groups in total. The summed E-state index contributed by atoms with van der Waals surface area (Å²) in [4.78, 5) is 8.95. The van der Waals surface area contributed by atoms with Crippen molar-refractivity contribution >= 4 is 38.4 Å². The van der Waals surface area contributed by atoms with Gasteiger partial charge in [-0.25, -0.2) is 18.4 Å². The van der Waals surface area contributed by atoms with Crippen LogP contribution < -0.4 is 10.0 Å². The molecule has 4 aromatic rings. The molecule has 0 bridgehead atoms. The van der Waals surface area contributed by atoms with Gasteiger partial charge in [-0.15, -0.1) is 0 Å². The van der Waals surface area contributed by atoms with Crippen LogP contribution in [0.2, 0.25) is 0 Å². The van der Waals surface area contributed by atoms with E-state index in [0.29, 0.717) is 22.3 Å². The van der Waals surface area contributed by atoms with Gasteiger partial charge in [0.15, 0.2) is 11.6 Å². The van der Waals surface area contributed by atoms with Gasteiger partial charge in [0, 0.05) is 18.9 Å². The lowest BCUT2D eigenvalue weighted by atomic mass is 10.2. The Labute approximate surface area is 166 Å². The lowest BCUT2D eigenvalue weighted by Crippen LogP contribution is -2.15. The fraction of sp³-hybridized carbons (Fsp3) is 0.0526. The average Bonchev–Trinajstić information content (AvgIpc) is 3.16. The van der Waals surface area contributed by atoms with Gasteiger partial charge in [-0.05, 0) is 36.4 Å². The van der Waals surface area contributed by atoms with Crippen LogP contribution in [0.4, 0.5) is 17.3 Å². The highest BCUT2D eigenvalue weighted by Gasteiger charge is 2.20. The number of aryl methyl sites for hydroxylation is 1. The summed E-state index contributed by atoms with van der Waals surface area (Å²) in [7, 11) is -2.27. The number of benzene rings is 2. The number of fused-ring (bicyclic) bond motifs is 1. The van der Waals surface area contributed by atoms with Crippen molar-refractivity contribution in [1.29, 1.82) is 5.26 Å². The zero-order valence-electron chi connectivity index (χ0n) is 15.2. The lowest BCUT2D eigenvalue weighted by Gasteiger charge is -2.13. The van der Waals surface area contributed by atoms with Gasteiger partial charge in [0.25, 0.3) is 10.0 Å². The first-order valence-electron chi connectivity index (χ1n) is 8.50. The Hall–Kier alpha value is -3.97. The van der Waals surface area contributed by atoms with Crippen molar-refractivity contribution in [2.24, 2.45) is 7.05 Å². The predicted molar refractivity (Wildman–Crippen MR) is 108 cm³/mol. The van der Waals surface area contributed by atoms with Crippen LogP contribution in [0.15, 0.2) is 65.8 Å². The van der Waals surface area contributed by atoms with Crippen molar-refractivity contribution in [3.8, 4) is 6.07 Å². The van der Waals surface area contributed by atoms with Crippen LogP contribution >= 0.6 is 0 Å². The van der Waals surface area contributed by atoms with Gasteiger partial charge in [-0.3, -0.25) is 9.40 Å². The number of para-hydroxylation sites is 2. The van der Waals surface area contributed by atoms with Crippen molar-refractivity contribution in [3.05, 3.63) is 66.5 Å². The van der Waals surface area contributed by atoms with Gasteiger partial charge in [-0.2, -0.15) is 10.4 Å². The van der Waals surface area contributed by atoms with E-state index in [-0.39, 0.29) is 16.5 Å². The van der Waals surface area contributed by atoms with Gasteiger partial charge in [0.1, 0.15) is 4.90 Å². The van der Waals surface area contributed by atoms with E-state index in [1.165, 1.54) is 17.1 Å². The molecule has 2 aromatic carbocycles. The third-order valence-corrected chi connectivity index (χ3v) is 5.36. The van der Waals surface area contributed by atoms with Crippen LogP contribution in [-0.2, 0) is 17.1 Å². The summed E-state index contributed by atoms with van der Waals surface area (Å²) >= 11 is 0. The Kier molecular flexibility index (Phi) is 4.58. The molecule has 0 unspecified atom stereocenters. The molecular weight excluding hydrogens is 390 g/mol. The molecular formula is C19H15N7O2S. The first-order valence-corrected chi connectivity index (χ1v) is 9.98. The summed E-state index contributed by atoms with van der Waals surface area (Å²) in [6.07, 6.45) is 2.65. The second-order valence-electron chi connectivity index (χ2n) is 6.18. The zero-order valence-corrected chi connectivity index (χ0v) is 16.1. The second kappa shape index (κ2) is 7.21. The molecule has 4 rings (SSSR count). The van der Waals surface area contributed by atoms with Crippen LogP contribution in [-0.4, -0.2) is 28.2 Å². The number of rotatable bonds is 5. The standard InChI is InChI=1S/C19H15N7O2S/c1-26-12-15(11-21-26)29(27,28)25-19-18(22-14-8-6-13(10-20)7-9-14)23-16-4-2-3-5-17(16)24-19/h2-9,11-12H,1H3,(H,22,23)(H,24,25). The fourth-order valence-corrected chi connectivity index (χ4v) is 3.64. The topological polar surface area (TPSA) is 126 Å². The molecule has 29 heavy (non-hydrogen) atoms. The number of nitriles is 1. The Morgan fingerprint density at radius 2 is 1.66 bits per heavy atom. The van der Waals surface area contributed by atoms with E-state index in [9.17, 15) is 8.42 Å². The van der Waals surface area contributed by atoms with E-state index in [1.807, 2.05) is 12.1 Å². The molecule has 0 atom stereocenters. The smallest absolute Gasteiger partial charge is 0.266 e. The largest absolute Gasteiger partial charge is 0.337 e. The molecule has 0 fully saturated rings. The highest BCUT2D eigenvalue weighted by atomic mass is 32.2. The number of hydrogen-bond acceptors (Lipinski definition) is 7. The number of nitrogens with zero attached hydrogens (tertiary/aromatic N) is 5. The quantitative estimate of drug-likeness (QED) is 0.523. The zero-order chi connectivity index (χ0) is 20.4. The summed E-state index contributed by atoms with van der Waals surface area (Å²) in [6.45, 7) is 0. The number of nitrogens with one attached hydrogen (secondary N) is 2. The second-order valence-corrected chi connectivity index (χ2v) is 7.86. The van der Waals surface area contributed by atoms with Gasteiger partial charge >= 0.3 is 0 Å². The average molecular weight is 405 g/mol. The molecule has 10 heteroatoms. The predicted octanol–water partition coefficient (Wildman–Crippen LogP) is 2.78. The number of sulfonamides is 1. The molecule has 0 saturated carbocycles. The molecule has 0 aliphatic rings. The van der Waals surface area contributed by atoms with Crippen molar-refractivity contribution in [3.63, 3.8) is 0 Å². The van der Waals surface area contributed by atoms with E-state index in [2.05, 4.69) is 25.1 Å². The number of hydrogen-bond donors (Lipinski definition) is 2. The normalized spacial score (nSPS) is 11.2. The third kappa shape index (κ3) is 3.85. The van der Waals surface area contributed by atoms with Gasteiger partial charge in [0.2, 0.25) is 0 Å². The van der Waals surface area contributed by atoms with Crippen LogP contribution in [0.25, 0.3) is 11.0 Å². The van der Waals surface area contributed by atoms with Gasteiger partial charge < -0.3 is 5.32 Å². The van der Waals surface area contributed by atoms with Crippen molar-refractivity contribution < 1.29 is 8.42 Å². The van der Waals surface area contributed by atoms with Crippen molar-refractivity contribution in [2.75, 3.05) is 10.0 Å². The Balaban J connectivity index is 1.76. The summed E-state index contributed by atoms with van der Waals surface area (Å²) in [6, 6.07) is 15.9. The monoisotopic (exact) mass is 405 g/mol. The van der Waals surface area contributed by atoms with E-state index in [0.717, 1.165) is 0 Å². The van der Waals surface area contributed by atoms with Crippen LogP contribution in [0.1, 0.15) is 5.56 Å². The molecule has 0 radical (unpaired) electrons. The summed E-state index contributed by atoms with van der Waals surface area (Å²) in [5.41, 5.74) is 2.29. The number of anilines is 3. The van der Waals surface area contributed by atoms with Crippen LogP contribution in [0.5, 0.6) is 0 Å². The Bertz CT molecular complexity index is 1340. The first-order chi connectivity index (χ1) is 13.9. The highest BCUT2D eigenvalue weighted by Crippen LogP contribution is 2.27. The fourth-order valence-electron chi connectivity index (χ4n) is 2.65. The lowest BCUT2D eigenvalue weighted by molar-refractivity contribution is 0.601. The molecule has 0 saturated heterocycles. The molecule has 0 amide bonds. The van der Waals surface area contributed by atoms with E-state index < -0.39 is 10.0 Å². The molecule has 0 aliphatic heterocycles. The minimum atomic E-state index is -3.91. The molecule has 2 aromatic heterocycles. The maximum Gasteiger partial charge on any atom is 0.266 e. The maximum absolute atomic E-state index is 12.7. The molecule has 0 aliphatic carbocycles. The van der Waals surface area contributed by atoms with Crippen LogP contribution in [0.3, 0.4) is 0 Å². The molecule has 2 heterocycles. The van der Waals surface area contributed by atoms with Crippen molar-refractivity contribution in [2.45, 2.75) is 4.90 Å². The van der Waals surface area contributed by atoms with Crippen molar-refractivity contribution in [1.82, 2.24) is 19.7 Å². The number of aromatic nitrogens is 4. The van der Waals surface area contributed by atoms with E-state index in [1.54, 1.807) is 49.5 Å². The van der Waals surface area contributed by atoms with E-state index >= 15 is 0 Å². The van der Waals surface area contributed by atoms with E-state index in [4.69, 9.17) is 5.26 Å². The van der Waals surface area contributed by atoms with Gasteiger partial charge in [-0.1, -0.05) is 12.1 Å². The minimum absolute atomic E-state index is 0.0132. The SMILES string of the molecule is Cn1cc(S(=O)(=O)Nc2nc3ccccc3nc2Nc2ccc(C#N)cc2)cn1. The summed E-state index contributed by atoms with van der Waals surface area (Å²) in [5.74, 6) is 0.290. The molecule has 144 valence electrons. The summed E-state index contributed by atoms with van der Waals surface area (Å²) < 4.78 is 29.4. The minimum Gasteiger partial charge on any atom is -0.337 e. The highest BCUT2D eigenvalue weighted by molar-refractivity contribution is 7.92. The summed E-state index contributed by atoms with van der Waals surface area (Å²) in [5, 5.41) is 15.9. The van der Waals surface area contributed by atoms with Crippen LogP contribution in [0, 0.1) is 11.3 Å². The Morgan fingerprint density at radius 3 is 2.24 bits per heavy atom. The third-order valence-electron chi connectivity index (χ3n) is 4.07.